The molecule has 2 aromatic heterocycles. The summed E-state index contributed by atoms with van der Waals surface area (Å²) in [4.78, 5) is 9.36. The molecule has 0 unspecified atom stereocenters. The first-order chi connectivity index (χ1) is 14.3. The van der Waals surface area contributed by atoms with E-state index < -0.39 is 0 Å². The predicted molar refractivity (Wildman–Crippen MR) is 115 cm³/mol. The van der Waals surface area contributed by atoms with Crippen LogP contribution in [0.1, 0.15) is 18.4 Å². The standard InChI is InChI=1S/C24H18N4O/c1-2-28-14-18-8-7-15(11-21(18)27-28)16-9-10-20-23(13-16)29-24(26-20)22-12-17-5-3-4-6-19(17)25-22/h3-11,13-14H,2,12H2,1H3. The van der Waals surface area contributed by atoms with E-state index in [0.717, 1.165) is 57.5 Å². The van der Waals surface area contributed by atoms with Gasteiger partial charge in [0, 0.05) is 24.5 Å². The van der Waals surface area contributed by atoms with Gasteiger partial charge < -0.3 is 4.42 Å². The fourth-order valence-electron chi connectivity index (χ4n) is 3.89. The zero-order valence-electron chi connectivity index (χ0n) is 16.0. The van der Waals surface area contributed by atoms with Crippen LogP contribution in [0.15, 0.2) is 76.3 Å². The van der Waals surface area contributed by atoms with Crippen molar-refractivity contribution in [3.63, 3.8) is 0 Å². The van der Waals surface area contributed by atoms with Crippen molar-refractivity contribution in [3.05, 3.63) is 78.3 Å². The smallest absolute Gasteiger partial charge is 0.242 e. The second-order valence-corrected chi connectivity index (χ2v) is 7.32. The molecule has 0 saturated carbocycles. The zero-order valence-corrected chi connectivity index (χ0v) is 16.0. The highest BCUT2D eigenvalue weighted by atomic mass is 16.3. The Hall–Kier alpha value is -3.73. The van der Waals surface area contributed by atoms with Crippen LogP contribution in [-0.4, -0.2) is 20.5 Å². The highest BCUT2D eigenvalue weighted by Crippen LogP contribution is 2.31. The fourth-order valence-corrected chi connectivity index (χ4v) is 3.89. The first-order valence-corrected chi connectivity index (χ1v) is 9.81. The lowest BCUT2D eigenvalue weighted by atomic mass is 10.0. The molecule has 3 aromatic carbocycles. The van der Waals surface area contributed by atoms with Crippen LogP contribution in [0.2, 0.25) is 0 Å². The number of para-hydroxylation sites is 1. The second-order valence-electron chi connectivity index (χ2n) is 7.32. The number of hydrogen-bond acceptors (Lipinski definition) is 4. The van der Waals surface area contributed by atoms with Gasteiger partial charge in [0.05, 0.1) is 11.2 Å². The molecule has 0 aliphatic carbocycles. The molecule has 0 spiro atoms. The number of oxazole rings is 1. The van der Waals surface area contributed by atoms with Gasteiger partial charge in [-0.05, 0) is 47.9 Å². The van der Waals surface area contributed by atoms with Gasteiger partial charge in [-0.2, -0.15) is 5.10 Å². The molecule has 5 nitrogen and oxygen atoms in total. The first-order valence-electron chi connectivity index (χ1n) is 9.81. The van der Waals surface area contributed by atoms with Gasteiger partial charge in [-0.15, -0.1) is 0 Å². The Morgan fingerprint density at radius 3 is 2.72 bits per heavy atom. The third-order valence-electron chi connectivity index (χ3n) is 5.45. The van der Waals surface area contributed by atoms with Crippen molar-refractivity contribution < 1.29 is 4.42 Å². The van der Waals surface area contributed by atoms with E-state index in [2.05, 4.69) is 53.5 Å². The number of aliphatic imine (C=N–C) groups is 1. The summed E-state index contributed by atoms with van der Waals surface area (Å²) in [5.74, 6) is 0.602. The van der Waals surface area contributed by atoms with Gasteiger partial charge in [0.1, 0.15) is 11.2 Å². The topological polar surface area (TPSA) is 56.2 Å². The largest absolute Gasteiger partial charge is 0.435 e. The maximum atomic E-state index is 6.09. The van der Waals surface area contributed by atoms with Crippen LogP contribution in [0.25, 0.3) is 33.1 Å². The SMILES string of the molecule is CCn1cc2ccc(-c3ccc4nc(C5=Nc6ccccc6C5)oc4c3)cc2n1. The van der Waals surface area contributed by atoms with Crippen LogP contribution in [0, 0.1) is 0 Å². The molecule has 0 bridgehead atoms. The number of aromatic nitrogens is 3. The minimum absolute atomic E-state index is 0.602. The van der Waals surface area contributed by atoms with E-state index in [0.29, 0.717) is 5.89 Å². The zero-order chi connectivity index (χ0) is 19.4. The summed E-state index contributed by atoms with van der Waals surface area (Å²) in [6, 6.07) is 20.7. The lowest BCUT2D eigenvalue weighted by molar-refractivity contribution is 0.589. The summed E-state index contributed by atoms with van der Waals surface area (Å²) >= 11 is 0. The predicted octanol–water partition coefficient (Wildman–Crippen LogP) is 5.54. The van der Waals surface area contributed by atoms with Gasteiger partial charge in [0.15, 0.2) is 5.58 Å². The number of benzene rings is 3. The van der Waals surface area contributed by atoms with E-state index in [1.54, 1.807) is 0 Å². The van der Waals surface area contributed by atoms with Crippen LogP contribution in [-0.2, 0) is 13.0 Å². The number of nitrogens with zero attached hydrogens (tertiary/aromatic N) is 4. The molecule has 0 atom stereocenters. The van der Waals surface area contributed by atoms with E-state index in [-0.39, 0.29) is 0 Å². The van der Waals surface area contributed by atoms with E-state index in [9.17, 15) is 0 Å². The quantitative estimate of drug-likeness (QED) is 0.414. The summed E-state index contributed by atoms with van der Waals surface area (Å²) in [5.41, 5.74) is 7.93. The number of aryl methyl sites for hydroxylation is 1. The van der Waals surface area contributed by atoms with Gasteiger partial charge >= 0.3 is 0 Å². The molecular weight excluding hydrogens is 360 g/mol. The van der Waals surface area contributed by atoms with E-state index in [1.165, 1.54) is 5.56 Å². The summed E-state index contributed by atoms with van der Waals surface area (Å²) in [6.07, 6.45) is 2.83. The monoisotopic (exact) mass is 378 g/mol. The van der Waals surface area contributed by atoms with Gasteiger partial charge in [-0.25, -0.2) is 9.98 Å². The lowest BCUT2D eigenvalue weighted by Gasteiger charge is -2.01. The van der Waals surface area contributed by atoms with Crippen LogP contribution >= 0.6 is 0 Å². The van der Waals surface area contributed by atoms with Crippen LogP contribution < -0.4 is 0 Å². The molecule has 0 radical (unpaired) electrons. The third-order valence-corrected chi connectivity index (χ3v) is 5.45. The average Bonchev–Trinajstić information content (AvgIpc) is 3.47. The molecule has 5 aromatic rings. The van der Waals surface area contributed by atoms with Crippen molar-refractivity contribution in [3.8, 4) is 11.1 Å². The highest BCUT2D eigenvalue weighted by molar-refractivity contribution is 6.04. The van der Waals surface area contributed by atoms with Crippen molar-refractivity contribution >= 4 is 33.4 Å². The molecule has 0 fully saturated rings. The Bertz CT molecular complexity index is 1420. The third kappa shape index (κ3) is 2.66. The molecule has 3 heterocycles. The minimum atomic E-state index is 0.602. The van der Waals surface area contributed by atoms with E-state index >= 15 is 0 Å². The van der Waals surface area contributed by atoms with Gasteiger partial charge in [0.2, 0.25) is 5.89 Å². The van der Waals surface area contributed by atoms with Gasteiger partial charge in [-0.3, -0.25) is 4.68 Å². The summed E-state index contributed by atoms with van der Waals surface area (Å²) < 4.78 is 8.05. The second kappa shape index (κ2) is 6.14. The van der Waals surface area contributed by atoms with Gasteiger partial charge in [-0.1, -0.05) is 36.4 Å². The number of rotatable bonds is 3. The molecule has 1 aliphatic heterocycles. The molecule has 29 heavy (non-hydrogen) atoms. The minimum Gasteiger partial charge on any atom is -0.435 e. The normalized spacial score (nSPS) is 13.2. The Morgan fingerprint density at radius 2 is 1.83 bits per heavy atom. The molecule has 5 heteroatoms. The number of hydrogen-bond donors (Lipinski definition) is 0. The van der Waals surface area contributed by atoms with Crippen molar-refractivity contribution in [2.75, 3.05) is 0 Å². The van der Waals surface area contributed by atoms with Crippen molar-refractivity contribution in [2.24, 2.45) is 4.99 Å². The summed E-state index contributed by atoms with van der Waals surface area (Å²) in [7, 11) is 0. The van der Waals surface area contributed by atoms with Crippen molar-refractivity contribution in [2.45, 2.75) is 19.9 Å². The summed E-state index contributed by atoms with van der Waals surface area (Å²) in [5, 5.41) is 5.77. The Balaban J connectivity index is 1.38. The first kappa shape index (κ1) is 16.2. The lowest BCUT2D eigenvalue weighted by Crippen LogP contribution is -2.00. The summed E-state index contributed by atoms with van der Waals surface area (Å²) in [6.45, 7) is 2.96. The van der Waals surface area contributed by atoms with E-state index in [4.69, 9.17) is 9.41 Å². The highest BCUT2D eigenvalue weighted by Gasteiger charge is 2.20. The van der Waals surface area contributed by atoms with E-state index in [1.807, 2.05) is 35.0 Å². The van der Waals surface area contributed by atoms with Crippen molar-refractivity contribution in [1.82, 2.24) is 14.8 Å². The molecule has 1 aliphatic rings. The van der Waals surface area contributed by atoms with Crippen LogP contribution in [0.3, 0.4) is 0 Å². The maximum absolute atomic E-state index is 6.09. The molecule has 6 rings (SSSR count). The van der Waals surface area contributed by atoms with Crippen molar-refractivity contribution in [1.29, 1.82) is 0 Å². The Kier molecular flexibility index (Phi) is 3.44. The van der Waals surface area contributed by atoms with Crippen LogP contribution in [0.5, 0.6) is 0 Å². The molecule has 0 N–H and O–H groups in total. The van der Waals surface area contributed by atoms with Crippen LogP contribution in [0.4, 0.5) is 5.69 Å². The molecule has 0 saturated heterocycles. The number of fused-ring (bicyclic) bond motifs is 3. The Morgan fingerprint density at radius 1 is 0.966 bits per heavy atom. The van der Waals surface area contributed by atoms with Gasteiger partial charge in [0.25, 0.3) is 0 Å². The molecular formula is C24H18N4O. The molecule has 140 valence electrons. The molecule has 0 amide bonds. The maximum Gasteiger partial charge on any atom is 0.242 e. The fraction of sp³-hybridized carbons (Fsp3) is 0.125. The Labute approximate surface area is 167 Å². The average molecular weight is 378 g/mol.